The van der Waals surface area contributed by atoms with Gasteiger partial charge in [-0.2, -0.15) is 0 Å². The molecule has 7 N–H and O–H groups in total. The number of aliphatic hydroxyl groups excluding tert-OH is 7. The number of aliphatic hydroxyl groups is 7. The predicted octanol–water partition coefficient (Wildman–Crippen LogP) is -4.66. The summed E-state index contributed by atoms with van der Waals surface area (Å²) in [4.78, 5) is 10.1. The van der Waals surface area contributed by atoms with Crippen LogP contribution in [0.15, 0.2) is 0 Å². The van der Waals surface area contributed by atoms with Gasteiger partial charge in [0.1, 0.15) is 36.6 Å². The first kappa shape index (κ1) is 15.4. The molecule has 8 nitrogen and oxygen atoms in total. The Bertz CT molecular complexity index is 210. The lowest BCUT2D eigenvalue weighted by atomic mass is 9.97. The fourth-order valence-electron chi connectivity index (χ4n) is 1.02. The Kier molecular flexibility index (Phi) is 6.60. The Morgan fingerprint density at radius 1 is 0.812 bits per heavy atom. The van der Waals surface area contributed by atoms with Crippen molar-refractivity contribution in [3.05, 3.63) is 0 Å². The molecule has 0 aromatic heterocycles. The molecular formula is C8H16O8. The van der Waals surface area contributed by atoms with Crippen molar-refractivity contribution in [3.8, 4) is 0 Å². The van der Waals surface area contributed by atoms with E-state index >= 15 is 0 Å². The van der Waals surface area contributed by atoms with E-state index in [1.165, 1.54) is 0 Å². The molecule has 6 atom stereocenters. The molecule has 0 unspecified atom stereocenters. The van der Waals surface area contributed by atoms with E-state index in [0.717, 1.165) is 0 Å². The van der Waals surface area contributed by atoms with Crippen molar-refractivity contribution < 1.29 is 40.5 Å². The molecule has 0 spiro atoms. The summed E-state index contributed by atoms with van der Waals surface area (Å²) in [7, 11) is 0. The zero-order chi connectivity index (χ0) is 12.9. The third-order valence-electron chi connectivity index (χ3n) is 2.12. The monoisotopic (exact) mass is 240 g/mol. The van der Waals surface area contributed by atoms with Gasteiger partial charge in [-0.25, -0.2) is 0 Å². The molecule has 0 rings (SSSR count). The van der Waals surface area contributed by atoms with E-state index < -0.39 is 43.2 Å². The van der Waals surface area contributed by atoms with E-state index in [-0.39, 0.29) is 6.29 Å². The first-order valence-electron chi connectivity index (χ1n) is 4.51. The van der Waals surface area contributed by atoms with Crippen molar-refractivity contribution in [3.63, 3.8) is 0 Å². The molecule has 0 aliphatic heterocycles. The number of hydrogen-bond donors (Lipinski definition) is 7. The number of carbonyl (C=O) groups excluding carboxylic acids is 1. The quantitative estimate of drug-likeness (QED) is 0.219. The van der Waals surface area contributed by atoms with Crippen molar-refractivity contribution >= 4 is 6.29 Å². The van der Waals surface area contributed by atoms with Gasteiger partial charge in [-0.1, -0.05) is 0 Å². The van der Waals surface area contributed by atoms with Gasteiger partial charge in [0.25, 0.3) is 0 Å². The van der Waals surface area contributed by atoms with E-state index in [4.69, 9.17) is 25.5 Å². The second-order valence-corrected chi connectivity index (χ2v) is 3.34. The highest BCUT2D eigenvalue weighted by Crippen LogP contribution is 2.10. The van der Waals surface area contributed by atoms with Crippen molar-refractivity contribution in [2.24, 2.45) is 0 Å². The Labute approximate surface area is 91.0 Å². The molecule has 0 bridgehead atoms. The fourth-order valence-corrected chi connectivity index (χ4v) is 1.02. The largest absolute Gasteiger partial charge is 0.394 e. The molecule has 96 valence electrons. The molecule has 0 fully saturated rings. The number of rotatable bonds is 7. The molecular weight excluding hydrogens is 224 g/mol. The maximum absolute atomic E-state index is 10.1. The van der Waals surface area contributed by atoms with Gasteiger partial charge in [-0.05, 0) is 0 Å². The van der Waals surface area contributed by atoms with E-state index in [0.29, 0.717) is 0 Å². The summed E-state index contributed by atoms with van der Waals surface area (Å²) in [6.07, 6.45) is -11.7. The SMILES string of the molecule is O=C[C@@H](O)[C@@H](O)[C@H](O)[C@H](O)[C@@H](O)[C@H](O)CO. The highest BCUT2D eigenvalue weighted by molar-refractivity contribution is 5.56. The summed E-state index contributed by atoms with van der Waals surface area (Å²) < 4.78 is 0. The molecule has 8 heteroatoms. The van der Waals surface area contributed by atoms with Gasteiger partial charge < -0.3 is 40.5 Å². The standard InChI is InChI=1S/C8H16O8/c9-1-3(11)5(13)7(15)8(16)6(14)4(12)2-10/h1,3-8,10-16H,2H2/t3-,4-,5-,6+,7+,8-/m1/s1. The van der Waals surface area contributed by atoms with E-state index in [9.17, 15) is 15.0 Å². The van der Waals surface area contributed by atoms with Gasteiger partial charge >= 0.3 is 0 Å². The van der Waals surface area contributed by atoms with Crippen molar-refractivity contribution in [2.45, 2.75) is 36.6 Å². The lowest BCUT2D eigenvalue weighted by Crippen LogP contribution is -2.53. The Balaban J connectivity index is 4.47. The van der Waals surface area contributed by atoms with Crippen LogP contribution in [0.5, 0.6) is 0 Å². The smallest absolute Gasteiger partial charge is 0.151 e. The van der Waals surface area contributed by atoms with Crippen LogP contribution in [-0.4, -0.2) is 85.3 Å². The molecule has 0 saturated carbocycles. The van der Waals surface area contributed by atoms with Crippen molar-refractivity contribution in [1.29, 1.82) is 0 Å². The highest BCUT2D eigenvalue weighted by Gasteiger charge is 2.36. The molecule has 0 aromatic carbocycles. The lowest BCUT2D eigenvalue weighted by molar-refractivity contribution is -0.159. The van der Waals surface area contributed by atoms with Gasteiger partial charge in [-0.3, -0.25) is 0 Å². The summed E-state index contributed by atoms with van der Waals surface area (Å²) >= 11 is 0. The number of hydrogen-bond acceptors (Lipinski definition) is 8. The van der Waals surface area contributed by atoms with Crippen LogP contribution >= 0.6 is 0 Å². The van der Waals surface area contributed by atoms with Gasteiger partial charge in [0, 0.05) is 0 Å². The predicted molar refractivity (Wildman–Crippen MR) is 49.2 cm³/mol. The second kappa shape index (κ2) is 6.86. The Morgan fingerprint density at radius 2 is 1.25 bits per heavy atom. The number of aldehydes is 1. The molecule has 0 saturated heterocycles. The van der Waals surface area contributed by atoms with E-state index in [1.807, 2.05) is 0 Å². The lowest BCUT2D eigenvalue weighted by Gasteiger charge is -2.29. The van der Waals surface area contributed by atoms with Crippen molar-refractivity contribution in [2.75, 3.05) is 6.61 Å². The third kappa shape index (κ3) is 3.76. The summed E-state index contributed by atoms with van der Waals surface area (Å²) in [5, 5.41) is 63.0. The van der Waals surface area contributed by atoms with Crippen LogP contribution < -0.4 is 0 Å². The second-order valence-electron chi connectivity index (χ2n) is 3.34. The van der Waals surface area contributed by atoms with Gasteiger partial charge in [0.15, 0.2) is 6.29 Å². The minimum absolute atomic E-state index is 0.0601. The van der Waals surface area contributed by atoms with E-state index in [2.05, 4.69) is 0 Å². The fraction of sp³-hybridized carbons (Fsp3) is 0.875. The van der Waals surface area contributed by atoms with Crippen LogP contribution in [0.1, 0.15) is 0 Å². The average molecular weight is 240 g/mol. The minimum Gasteiger partial charge on any atom is -0.394 e. The van der Waals surface area contributed by atoms with Crippen LogP contribution in [0.4, 0.5) is 0 Å². The normalized spacial score (nSPS) is 22.9. The van der Waals surface area contributed by atoms with Gasteiger partial charge in [0.05, 0.1) is 6.61 Å². The number of carbonyl (C=O) groups is 1. The van der Waals surface area contributed by atoms with Crippen LogP contribution in [0.2, 0.25) is 0 Å². The van der Waals surface area contributed by atoms with Crippen LogP contribution in [0.25, 0.3) is 0 Å². The Morgan fingerprint density at radius 3 is 1.62 bits per heavy atom. The summed E-state index contributed by atoms with van der Waals surface area (Å²) in [6, 6.07) is 0. The van der Waals surface area contributed by atoms with Crippen molar-refractivity contribution in [1.82, 2.24) is 0 Å². The van der Waals surface area contributed by atoms with Gasteiger partial charge in [0.2, 0.25) is 0 Å². The molecule has 0 aliphatic carbocycles. The van der Waals surface area contributed by atoms with Gasteiger partial charge in [-0.15, -0.1) is 0 Å². The maximum Gasteiger partial charge on any atom is 0.151 e. The first-order valence-corrected chi connectivity index (χ1v) is 4.51. The topological polar surface area (TPSA) is 159 Å². The summed E-state index contributed by atoms with van der Waals surface area (Å²) in [6.45, 7) is -0.864. The third-order valence-corrected chi connectivity index (χ3v) is 2.12. The van der Waals surface area contributed by atoms with Crippen LogP contribution in [0.3, 0.4) is 0 Å². The van der Waals surface area contributed by atoms with E-state index in [1.54, 1.807) is 0 Å². The highest BCUT2D eigenvalue weighted by atomic mass is 16.4. The van der Waals surface area contributed by atoms with Crippen LogP contribution in [0, 0.1) is 0 Å². The molecule has 0 amide bonds. The average Bonchev–Trinajstić information content (AvgIpc) is 2.32. The van der Waals surface area contributed by atoms with Crippen LogP contribution in [-0.2, 0) is 4.79 Å². The zero-order valence-electron chi connectivity index (χ0n) is 8.29. The minimum atomic E-state index is -2.05. The maximum atomic E-state index is 10.1. The molecule has 0 aromatic rings. The summed E-state index contributed by atoms with van der Waals surface area (Å²) in [5.74, 6) is 0. The first-order chi connectivity index (χ1) is 7.36. The Hall–Kier alpha value is -0.610. The molecule has 16 heavy (non-hydrogen) atoms. The zero-order valence-corrected chi connectivity index (χ0v) is 8.29. The molecule has 0 aliphatic rings. The molecule has 0 heterocycles. The molecule has 0 radical (unpaired) electrons. The summed E-state index contributed by atoms with van der Waals surface area (Å²) in [5.41, 5.74) is 0.